The summed E-state index contributed by atoms with van der Waals surface area (Å²) < 4.78 is 4.73. The Bertz CT molecular complexity index is 217. The predicted molar refractivity (Wildman–Crippen MR) is 44.7 cm³/mol. The molecule has 4 heteroatoms. The number of hydrogen-bond donors (Lipinski definition) is 0. The van der Waals surface area contributed by atoms with Crippen LogP contribution in [-0.4, -0.2) is 23.1 Å². The van der Waals surface area contributed by atoms with Crippen LogP contribution in [0.5, 0.6) is 0 Å². The van der Waals surface area contributed by atoms with Gasteiger partial charge >= 0.3 is 11.7 Å². The summed E-state index contributed by atoms with van der Waals surface area (Å²) in [5.74, 6) is -0.638. The Balaban J connectivity index is 3.87. The van der Waals surface area contributed by atoms with Gasteiger partial charge in [-0.05, 0) is 6.42 Å². The number of rotatable bonds is 5. The van der Waals surface area contributed by atoms with Crippen LogP contribution in [0.25, 0.3) is 5.53 Å². The van der Waals surface area contributed by atoms with Gasteiger partial charge in [0.15, 0.2) is 0 Å². The van der Waals surface area contributed by atoms with Crippen molar-refractivity contribution >= 4 is 11.7 Å². The molecule has 0 N–H and O–H groups in total. The second-order valence-corrected chi connectivity index (χ2v) is 2.18. The van der Waals surface area contributed by atoms with Crippen LogP contribution in [0.3, 0.4) is 0 Å². The highest BCUT2D eigenvalue weighted by atomic mass is 16.5. The van der Waals surface area contributed by atoms with Crippen LogP contribution >= 0.6 is 0 Å². The standard InChI is InChI=1S/C8H12N2O2/c1-3-5-6-12-8(11)7(4-2)10-9/h4H,2-3,5-6H2,1H3. The molecule has 4 nitrogen and oxygen atoms in total. The molecule has 0 aliphatic carbocycles. The maximum atomic E-state index is 10.9. The summed E-state index contributed by atoms with van der Waals surface area (Å²) in [5, 5.41) is 0. The van der Waals surface area contributed by atoms with E-state index in [1.807, 2.05) is 6.92 Å². The SMILES string of the molecule is C=CC(=[N+]=[N-])C(=O)OCCCC. The van der Waals surface area contributed by atoms with Crippen molar-refractivity contribution < 1.29 is 14.3 Å². The van der Waals surface area contributed by atoms with Crippen molar-refractivity contribution in [3.05, 3.63) is 18.2 Å². The van der Waals surface area contributed by atoms with Crippen LogP contribution in [0.2, 0.25) is 0 Å². The number of carbonyl (C=O) groups excluding carboxylic acids is 1. The van der Waals surface area contributed by atoms with E-state index in [4.69, 9.17) is 10.3 Å². The first-order valence-electron chi connectivity index (χ1n) is 3.77. The van der Waals surface area contributed by atoms with Crippen molar-refractivity contribution in [1.29, 1.82) is 0 Å². The van der Waals surface area contributed by atoms with Crippen molar-refractivity contribution in [2.24, 2.45) is 0 Å². The molecule has 0 saturated carbocycles. The van der Waals surface area contributed by atoms with Gasteiger partial charge in [-0.1, -0.05) is 19.9 Å². The van der Waals surface area contributed by atoms with Gasteiger partial charge in [-0.15, -0.1) is 0 Å². The molecular weight excluding hydrogens is 156 g/mol. The molecule has 0 bridgehead atoms. The summed E-state index contributed by atoms with van der Waals surface area (Å²) in [6.45, 7) is 5.63. The molecule has 0 aliphatic heterocycles. The zero-order valence-electron chi connectivity index (χ0n) is 7.12. The highest BCUT2D eigenvalue weighted by molar-refractivity contribution is 6.38. The molecule has 0 saturated heterocycles. The largest absolute Gasteiger partial charge is 0.457 e. The summed E-state index contributed by atoms with van der Waals surface area (Å²) in [6, 6.07) is 0. The summed E-state index contributed by atoms with van der Waals surface area (Å²) in [5.41, 5.74) is 8.11. The molecule has 0 aliphatic rings. The third kappa shape index (κ3) is 3.68. The summed E-state index contributed by atoms with van der Waals surface area (Å²) in [4.78, 5) is 13.6. The van der Waals surface area contributed by atoms with Gasteiger partial charge in [0.25, 0.3) is 0 Å². The third-order valence-corrected chi connectivity index (χ3v) is 1.24. The average molecular weight is 168 g/mol. The Labute approximate surface area is 71.5 Å². The van der Waals surface area contributed by atoms with Crippen LogP contribution in [-0.2, 0) is 9.53 Å². The predicted octanol–water partition coefficient (Wildman–Crippen LogP) is 1.19. The fraction of sp³-hybridized carbons (Fsp3) is 0.500. The fourth-order valence-electron chi connectivity index (χ4n) is 0.548. The lowest BCUT2D eigenvalue weighted by atomic mass is 10.3. The number of nitrogens with zero attached hydrogens (tertiary/aromatic N) is 2. The number of esters is 1. The molecule has 0 rings (SSSR count). The van der Waals surface area contributed by atoms with E-state index in [1.165, 1.54) is 0 Å². The lowest BCUT2D eigenvalue weighted by molar-refractivity contribution is -0.140. The van der Waals surface area contributed by atoms with E-state index in [2.05, 4.69) is 11.4 Å². The molecule has 0 radical (unpaired) electrons. The highest BCUT2D eigenvalue weighted by Crippen LogP contribution is 1.89. The van der Waals surface area contributed by atoms with E-state index in [0.717, 1.165) is 18.9 Å². The summed E-state index contributed by atoms with van der Waals surface area (Å²) in [6.07, 6.45) is 2.91. The second kappa shape index (κ2) is 6.31. The average Bonchev–Trinajstić information content (AvgIpc) is 2.07. The first kappa shape index (κ1) is 10.6. The van der Waals surface area contributed by atoms with Crippen LogP contribution in [0, 0.1) is 0 Å². The van der Waals surface area contributed by atoms with Gasteiger partial charge in [0, 0.05) is 6.08 Å². The van der Waals surface area contributed by atoms with Gasteiger partial charge in [-0.25, -0.2) is 4.79 Å². The lowest BCUT2D eigenvalue weighted by Gasteiger charge is -1.97. The van der Waals surface area contributed by atoms with Crippen LogP contribution < -0.4 is 0 Å². The first-order chi connectivity index (χ1) is 5.76. The van der Waals surface area contributed by atoms with Crippen molar-refractivity contribution in [2.45, 2.75) is 19.8 Å². The van der Waals surface area contributed by atoms with Crippen molar-refractivity contribution in [2.75, 3.05) is 6.61 Å². The molecule has 0 heterocycles. The quantitative estimate of drug-likeness (QED) is 0.203. The van der Waals surface area contributed by atoms with Crippen molar-refractivity contribution in [3.8, 4) is 0 Å². The van der Waals surface area contributed by atoms with Crippen molar-refractivity contribution in [1.82, 2.24) is 0 Å². The zero-order valence-corrected chi connectivity index (χ0v) is 7.12. The highest BCUT2D eigenvalue weighted by Gasteiger charge is 2.16. The zero-order chi connectivity index (χ0) is 9.40. The molecule has 0 aromatic carbocycles. The van der Waals surface area contributed by atoms with E-state index in [1.54, 1.807) is 0 Å². The van der Waals surface area contributed by atoms with Gasteiger partial charge in [-0.2, -0.15) is 4.79 Å². The Morgan fingerprint density at radius 2 is 2.42 bits per heavy atom. The summed E-state index contributed by atoms with van der Waals surface area (Å²) >= 11 is 0. The molecule has 0 aromatic rings. The van der Waals surface area contributed by atoms with E-state index < -0.39 is 5.97 Å². The van der Waals surface area contributed by atoms with E-state index in [-0.39, 0.29) is 5.71 Å². The number of carbonyl (C=O) groups is 1. The fourth-order valence-corrected chi connectivity index (χ4v) is 0.548. The molecule has 12 heavy (non-hydrogen) atoms. The molecule has 0 unspecified atom stereocenters. The molecule has 0 aromatic heterocycles. The van der Waals surface area contributed by atoms with E-state index >= 15 is 0 Å². The number of unbranched alkanes of at least 4 members (excludes halogenated alkanes) is 1. The van der Waals surface area contributed by atoms with Crippen LogP contribution in [0.4, 0.5) is 0 Å². The smallest absolute Gasteiger partial charge is 0.421 e. The minimum Gasteiger partial charge on any atom is -0.457 e. The van der Waals surface area contributed by atoms with E-state index in [0.29, 0.717) is 6.61 Å². The lowest BCUT2D eigenvalue weighted by Crippen LogP contribution is -2.16. The van der Waals surface area contributed by atoms with Crippen LogP contribution in [0.1, 0.15) is 19.8 Å². The Morgan fingerprint density at radius 3 is 2.83 bits per heavy atom. The normalized spacial score (nSPS) is 8.42. The first-order valence-corrected chi connectivity index (χ1v) is 3.77. The summed E-state index contributed by atoms with van der Waals surface area (Å²) in [7, 11) is 0. The molecule has 0 spiro atoms. The van der Waals surface area contributed by atoms with Gasteiger partial charge < -0.3 is 10.3 Å². The maximum Gasteiger partial charge on any atom is 0.421 e. The Morgan fingerprint density at radius 1 is 1.75 bits per heavy atom. The Hall–Kier alpha value is -1.41. The molecule has 0 amide bonds. The van der Waals surface area contributed by atoms with Gasteiger partial charge in [0.2, 0.25) is 0 Å². The van der Waals surface area contributed by atoms with Crippen LogP contribution in [0.15, 0.2) is 12.7 Å². The van der Waals surface area contributed by atoms with Gasteiger partial charge in [0.1, 0.15) is 0 Å². The van der Waals surface area contributed by atoms with Gasteiger partial charge in [0.05, 0.1) is 6.61 Å². The van der Waals surface area contributed by atoms with E-state index in [9.17, 15) is 4.79 Å². The molecule has 66 valence electrons. The topological polar surface area (TPSA) is 62.7 Å². The third-order valence-electron chi connectivity index (χ3n) is 1.24. The number of ether oxygens (including phenoxy) is 1. The second-order valence-electron chi connectivity index (χ2n) is 2.18. The molecular formula is C8H12N2O2. The maximum absolute atomic E-state index is 10.9. The minimum atomic E-state index is -0.638. The van der Waals surface area contributed by atoms with Crippen molar-refractivity contribution in [3.63, 3.8) is 0 Å². The minimum absolute atomic E-state index is 0.161. The van der Waals surface area contributed by atoms with Gasteiger partial charge in [-0.3, -0.25) is 0 Å². The molecule has 0 atom stereocenters. The molecule has 0 fully saturated rings. The monoisotopic (exact) mass is 168 g/mol. The number of hydrogen-bond acceptors (Lipinski definition) is 2. The Kier molecular flexibility index (Phi) is 5.57.